The molecule has 1 aromatic heterocycles. The summed E-state index contributed by atoms with van der Waals surface area (Å²) in [6.07, 6.45) is 1.53. The highest BCUT2D eigenvalue weighted by atomic mass is 32.2. The minimum Gasteiger partial charge on any atom is -0.368 e. The second kappa shape index (κ2) is 9.45. The lowest BCUT2D eigenvalue weighted by atomic mass is 10.2. The number of benzene rings is 1. The van der Waals surface area contributed by atoms with E-state index in [1.54, 1.807) is 6.92 Å². The summed E-state index contributed by atoms with van der Waals surface area (Å²) in [6.45, 7) is 5.44. The highest BCUT2D eigenvalue weighted by Crippen LogP contribution is 2.27. The molecule has 4 N–H and O–H groups in total. The minimum atomic E-state index is -3.79. The van der Waals surface area contributed by atoms with Crippen molar-refractivity contribution in [2.45, 2.75) is 33.2 Å². The van der Waals surface area contributed by atoms with Crippen molar-refractivity contribution >= 4 is 39.1 Å². The van der Waals surface area contributed by atoms with Gasteiger partial charge in [0.05, 0.1) is 11.4 Å². The van der Waals surface area contributed by atoms with Crippen LogP contribution in [0.5, 0.6) is 0 Å². The standard InChI is InChI=1S/C17H22F2N6O3S/c1-4-7-29(27,28)25-12-6-5-11(18)16(15(12)19)24-17(26)23-14-8-13(20-9-21-14)22-10(2)3/h5-6,8-10,25H,4,7H2,1-3H3,(H3,20,21,22,23,24,26). The van der Waals surface area contributed by atoms with Gasteiger partial charge in [0.2, 0.25) is 10.0 Å². The first-order valence-corrected chi connectivity index (χ1v) is 10.4. The molecule has 0 bridgehead atoms. The summed E-state index contributed by atoms with van der Waals surface area (Å²) in [5.74, 6) is -1.99. The van der Waals surface area contributed by atoms with E-state index >= 15 is 0 Å². The minimum absolute atomic E-state index is 0.0917. The van der Waals surface area contributed by atoms with Crippen LogP contribution in [0.15, 0.2) is 24.5 Å². The Kier molecular flexibility index (Phi) is 7.26. The molecule has 0 aliphatic heterocycles. The van der Waals surface area contributed by atoms with Gasteiger partial charge in [-0.2, -0.15) is 0 Å². The Balaban J connectivity index is 2.17. The lowest BCUT2D eigenvalue weighted by Gasteiger charge is -2.13. The fourth-order valence-corrected chi connectivity index (χ4v) is 3.43. The first-order chi connectivity index (χ1) is 13.6. The molecule has 29 heavy (non-hydrogen) atoms. The maximum Gasteiger partial charge on any atom is 0.325 e. The Labute approximate surface area is 167 Å². The molecule has 1 aromatic carbocycles. The van der Waals surface area contributed by atoms with Gasteiger partial charge in [0.25, 0.3) is 0 Å². The predicted molar refractivity (Wildman–Crippen MR) is 107 cm³/mol. The summed E-state index contributed by atoms with van der Waals surface area (Å²) < 4.78 is 54.3. The van der Waals surface area contributed by atoms with Gasteiger partial charge in [0.15, 0.2) is 5.82 Å². The molecule has 0 aliphatic carbocycles. The molecule has 0 unspecified atom stereocenters. The average molecular weight is 428 g/mol. The maximum atomic E-state index is 14.6. The zero-order valence-electron chi connectivity index (χ0n) is 16.1. The van der Waals surface area contributed by atoms with Crippen molar-refractivity contribution in [3.63, 3.8) is 0 Å². The van der Waals surface area contributed by atoms with E-state index < -0.39 is 39.1 Å². The Bertz CT molecular complexity index is 985. The van der Waals surface area contributed by atoms with Gasteiger partial charge in [0.1, 0.15) is 29.5 Å². The van der Waals surface area contributed by atoms with Crippen molar-refractivity contribution in [3.8, 4) is 0 Å². The number of aromatic nitrogens is 2. The molecule has 0 saturated heterocycles. The molecule has 0 fully saturated rings. The van der Waals surface area contributed by atoms with Crippen LogP contribution in [0.1, 0.15) is 27.2 Å². The van der Waals surface area contributed by atoms with Crippen molar-refractivity contribution in [3.05, 3.63) is 36.2 Å². The molecule has 0 aliphatic rings. The van der Waals surface area contributed by atoms with Crippen molar-refractivity contribution < 1.29 is 22.0 Å². The van der Waals surface area contributed by atoms with Crippen molar-refractivity contribution in [1.82, 2.24) is 9.97 Å². The molecular formula is C17H22F2N6O3S. The number of rotatable bonds is 8. The van der Waals surface area contributed by atoms with E-state index in [1.165, 1.54) is 12.4 Å². The van der Waals surface area contributed by atoms with Crippen LogP contribution >= 0.6 is 0 Å². The third kappa shape index (κ3) is 6.52. The number of hydrogen-bond donors (Lipinski definition) is 4. The number of anilines is 4. The number of hydrogen-bond acceptors (Lipinski definition) is 6. The zero-order chi connectivity index (χ0) is 21.6. The average Bonchev–Trinajstić information content (AvgIpc) is 2.60. The van der Waals surface area contributed by atoms with Crippen LogP contribution in [-0.4, -0.2) is 36.2 Å². The van der Waals surface area contributed by atoms with E-state index in [2.05, 4.69) is 20.6 Å². The predicted octanol–water partition coefficient (Wildman–Crippen LogP) is 3.37. The van der Waals surface area contributed by atoms with Gasteiger partial charge in [-0.1, -0.05) is 6.92 Å². The second-order valence-electron chi connectivity index (χ2n) is 6.37. The Hall–Kier alpha value is -3.02. The number of carbonyl (C=O) groups is 1. The molecular weight excluding hydrogens is 406 g/mol. The molecule has 9 nitrogen and oxygen atoms in total. The summed E-state index contributed by atoms with van der Waals surface area (Å²) in [7, 11) is -3.79. The van der Waals surface area contributed by atoms with Gasteiger partial charge in [-0.15, -0.1) is 0 Å². The number of nitrogens with zero attached hydrogens (tertiary/aromatic N) is 2. The zero-order valence-corrected chi connectivity index (χ0v) is 16.9. The summed E-state index contributed by atoms with van der Waals surface area (Å²) in [5, 5.41) is 7.38. The van der Waals surface area contributed by atoms with Gasteiger partial charge in [-0.3, -0.25) is 10.0 Å². The topological polar surface area (TPSA) is 125 Å². The smallest absolute Gasteiger partial charge is 0.325 e. The van der Waals surface area contributed by atoms with Crippen LogP contribution in [0.4, 0.5) is 36.6 Å². The Morgan fingerprint density at radius 1 is 1.14 bits per heavy atom. The van der Waals surface area contributed by atoms with Crippen molar-refractivity contribution in [1.29, 1.82) is 0 Å². The lowest BCUT2D eigenvalue weighted by molar-refractivity contribution is 0.262. The van der Waals surface area contributed by atoms with E-state index in [9.17, 15) is 22.0 Å². The van der Waals surface area contributed by atoms with Gasteiger partial charge < -0.3 is 10.6 Å². The summed E-state index contributed by atoms with van der Waals surface area (Å²) >= 11 is 0. The summed E-state index contributed by atoms with van der Waals surface area (Å²) in [6, 6.07) is 2.36. The van der Waals surface area contributed by atoms with Gasteiger partial charge >= 0.3 is 6.03 Å². The molecule has 2 rings (SSSR count). The summed E-state index contributed by atoms with van der Waals surface area (Å²) in [5.41, 5.74) is -1.27. The molecule has 2 aromatic rings. The molecule has 0 saturated carbocycles. The number of carbonyl (C=O) groups excluding carboxylic acids is 1. The Morgan fingerprint density at radius 3 is 2.48 bits per heavy atom. The molecule has 158 valence electrons. The highest BCUT2D eigenvalue weighted by Gasteiger charge is 2.19. The molecule has 1 heterocycles. The van der Waals surface area contributed by atoms with Crippen LogP contribution in [0.2, 0.25) is 0 Å². The fourth-order valence-electron chi connectivity index (χ4n) is 2.29. The van der Waals surface area contributed by atoms with Gasteiger partial charge in [0, 0.05) is 12.1 Å². The quantitative estimate of drug-likeness (QED) is 0.511. The molecule has 0 atom stereocenters. The maximum absolute atomic E-state index is 14.6. The molecule has 0 radical (unpaired) electrons. The van der Waals surface area contributed by atoms with E-state index in [4.69, 9.17) is 0 Å². The number of sulfonamides is 1. The van der Waals surface area contributed by atoms with E-state index in [-0.39, 0.29) is 17.6 Å². The number of urea groups is 1. The fraction of sp³-hybridized carbons (Fsp3) is 0.353. The van der Waals surface area contributed by atoms with Crippen molar-refractivity contribution in [2.24, 2.45) is 0 Å². The van der Waals surface area contributed by atoms with Crippen LogP contribution in [0, 0.1) is 11.6 Å². The highest BCUT2D eigenvalue weighted by molar-refractivity contribution is 7.92. The van der Waals surface area contributed by atoms with Gasteiger partial charge in [-0.05, 0) is 32.4 Å². The SMILES string of the molecule is CCCS(=O)(=O)Nc1ccc(F)c(NC(=O)Nc2cc(NC(C)C)ncn2)c1F. The van der Waals surface area contributed by atoms with E-state index in [0.29, 0.717) is 12.2 Å². The van der Waals surface area contributed by atoms with E-state index in [1.807, 2.05) is 23.9 Å². The number of halogens is 2. The van der Waals surface area contributed by atoms with Crippen molar-refractivity contribution in [2.75, 3.05) is 26.4 Å². The summed E-state index contributed by atoms with van der Waals surface area (Å²) in [4.78, 5) is 20.0. The van der Waals surface area contributed by atoms with E-state index in [0.717, 1.165) is 12.1 Å². The second-order valence-corrected chi connectivity index (χ2v) is 8.21. The first kappa shape index (κ1) is 22.3. The monoisotopic (exact) mass is 428 g/mol. The Morgan fingerprint density at radius 2 is 1.83 bits per heavy atom. The van der Waals surface area contributed by atoms with Crippen LogP contribution < -0.4 is 20.7 Å². The third-order valence-electron chi connectivity index (χ3n) is 3.41. The van der Waals surface area contributed by atoms with Crippen LogP contribution in [-0.2, 0) is 10.0 Å². The third-order valence-corrected chi connectivity index (χ3v) is 4.89. The number of nitrogens with one attached hydrogen (secondary N) is 4. The first-order valence-electron chi connectivity index (χ1n) is 8.76. The number of amides is 2. The normalized spacial score (nSPS) is 11.2. The largest absolute Gasteiger partial charge is 0.368 e. The lowest BCUT2D eigenvalue weighted by Crippen LogP contribution is -2.23. The van der Waals surface area contributed by atoms with Crippen LogP contribution in [0.25, 0.3) is 0 Å². The molecule has 2 amide bonds. The van der Waals surface area contributed by atoms with Gasteiger partial charge in [-0.25, -0.2) is 32.0 Å². The molecule has 0 spiro atoms. The molecule has 12 heteroatoms. The van der Waals surface area contributed by atoms with Crippen LogP contribution in [0.3, 0.4) is 0 Å².